The molecule has 27 heavy (non-hydrogen) atoms. The van der Waals surface area contributed by atoms with Crippen LogP contribution in [0.15, 0.2) is 67.3 Å². The largest absolute Gasteiger partial charge is 0.507 e. The van der Waals surface area contributed by atoms with Gasteiger partial charge in [0.15, 0.2) is 0 Å². The zero-order valence-electron chi connectivity index (χ0n) is 16.1. The Balaban J connectivity index is 2.23. The Hall–Kier alpha value is -2.36. The molecule has 0 unspecified atom stereocenters. The van der Waals surface area contributed by atoms with E-state index in [-0.39, 0.29) is 17.6 Å². The average Bonchev–Trinajstić information content (AvgIpc) is 2.67. The van der Waals surface area contributed by atoms with Gasteiger partial charge in [0.05, 0.1) is 12.2 Å². The van der Waals surface area contributed by atoms with Gasteiger partial charge in [0, 0.05) is 11.5 Å². The van der Waals surface area contributed by atoms with Gasteiger partial charge in [-0.1, -0.05) is 68.5 Å². The van der Waals surface area contributed by atoms with Gasteiger partial charge in [-0.2, -0.15) is 0 Å². The number of allylic oxidation sites excluding steroid dienone is 1. The number of phenols is 1. The highest BCUT2D eigenvalue weighted by molar-refractivity contribution is 5.82. The molecule has 0 amide bonds. The van der Waals surface area contributed by atoms with E-state index in [2.05, 4.69) is 6.58 Å². The Kier molecular flexibility index (Phi) is 7.83. The molecule has 0 spiro atoms. The first-order chi connectivity index (χ1) is 12.9. The van der Waals surface area contributed by atoms with Crippen molar-refractivity contribution in [2.45, 2.75) is 38.9 Å². The molecule has 3 heteroatoms. The van der Waals surface area contributed by atoms with Crippen molar-refractivity contribution in [2.24, 2.45) is 11.8 Å². The van der Waals surface area contributed by atoms with Crippen molar-refractivity contribution in [1.29, 1.82) is 0 Å². The molecular formula is C24H30O3. The third kappa shape index (κ3) is 5.81. The molecule has 3 N–H and O–H groups in total. The van der Waals surface area contributed by atoms with E-state index in [1.807, 2.05) is 62.4 Å². The molecule has 144 valence electrons. The van der Waals surface area contributed by atoms with Crippen LogP contribution in [-0.4, -0.2) is 27.5 Å². The van der Waals surface area contributed by atoms with E-state index in [4.69, 9.17) is 0 Å². The quantitative estimate of drug-likeness (QED) is 0.437. The maximum Gasteiger partial charge on any atom is 0.122 e. The highest BCUT2D eigenvalue weighted by Gasteiger charge is 2.26. The minimum Gasteiger partial charge on any atom is -0.507 e. The highest BCUT2D eigenvalue weighted by Crippen LogP contribution is 2.29. The van der Waals surface area contributed by atoms with Gasteiger partial charge in [-0.15, -0.1) is 6.58 Å². The Morgan fingerprint density at radius 2 is 1.63 bits per heavy atom. The summed E-state index contributed by atoms with van der Waals surface area (Å²) in [5.41, 5.74) is 2.82. The van der Waals surface area contributed by atoms with Crippen LogP contribution in [0.4, 0.5) is 0 Å². The molecule has 3 nitrogen and oxygen atoms in total. The summed E-state index contributed by atoms with van der Waals surface area (Å²) in [7, 11) is 0. The number of benzene rings is 2. The molecule has 2 rings (SSSR count). The highest BCUT2D eigenvalue weighted by atomic mass is 16.3. The fourth-order valence-electron chi connectivity index (χ4n) is 3.21. The van der Waals surface area contributed by atoms with E-state index in [1.165, 1.54) is 0 Å². The molecule has 0 aromatic heterocycles. The summed E-state index contributed by atoms with van der Waals surface area (Å²) in [5, 5.41) is 31.1. The predicted octanol–water partition coefficient (Wildman–Crippen LogP) is 4.89. The fraction of sp³-hybridized carbons (Fsp3) is 0.333. The number of rotatable bonds is 9. The summed E-state index contributed by atoms with van der Waals surface area (Å²) < 4.78 is 0. The molecule has 0 fully saturated rings. The van der Waals surface area contributed by atoms with Crippen molar-refractivity contribution in [3.05, 3.63) is 78.4 Å². The lowest BCUT2D eigenvalue weighted by atomic mass is 9.85. The summed E-state index contributed by atoms with van der Waals surface area (Å²) in [5.74, 6) is -0.0918. The lowest BCUT2D eigenvalue weighted by molar-refractivity contribution is 0.00939. The van der Waals surface area contributed by atoms with Crippen molar-refractivity contribution < 1.29 is 15.3 Å². The number of hydrogen-bond donors (Lipinski definition) is 3. The van der Waals surface area contributed by atoms with E-state index in [0.717, 1.165) is 16.7 Å². The average molecular weight is 367 g/mol. The summed E-state index contributed by atoms with van der Waals surface area (Å²) in [4.78, 5) is 0. The monoisotopic (exact) mass is 366 g/mol. The molecule has 2 aromatic rings. The Bertz CT molecular complexity index is 749. The Labute approximate surface area is 162 Å². The molecule has 0 aliphatic rings. The number of phenolic OH excluding ortho intramolecular Hbond substituents is 1. The van der Waals surface area contributed by atoms with Gasteiger partial charge in [-0.25, -0.2) is 0 Å². The lowest BCUT2D eigenvalue weighted by Gasteiger charge is -2.27. The van der Waals surface area contributed by atoms with Crippen LogP contribution in [0, 0.1) is 11.8 Å². The minimum absolute atomic E-state index is 0.0491. The Morgan fingerprint density at radius 1 is 1.00 bits per heavy atom. The lowest BCUT2D eigenvalue weighted by Crippen LogP contribution is -2.33. The third-order valence-electron chi connectivity index (χ3n) is 4.91. The van der Waals surface area contributed by atoms with Crippen molar-refractivity contribution in [1.82, 2.24) is 0 Å². The number of aromatic hydroxyl groups is 1. The topological polar surface area (TPSA) is 60.7 Å². The standard InChI is InChI=1S/C24H30O3/c1-4-21(24(27)17(2)3)23(26)15-14-19(18-10-6-5-7-11-18)16-20-12-8-9-13-22(20)25/h4-13,16-17,21,23-27H,1,14-15H2,2-3H3/b19-16-/t21-,23-,24-/m1/s1. The number of para-hydroxylation sites is 1. The van der Waals surface area contributed by atoms with Gasteiger partial charge in [0.1, 0.15) is 5.75 Å². The number of hydrogen-bond acceptors (Lipinski definition) is 3. The molecular weight excluding hydrogens is 336 g/mol. The maximum atomic E-state index is 10.6. The van der Waals surface area contributed by atoms with Gasteiger partial charge in [-0.3, -0.25) is 0 Å². The summed E-state index contributed by atoms with van der Waals surface area (Å²) >= 11 is 0. The normalized spacial score (nSPS) is 15.4. The molecule has 0 bridgehead atoms. The van der Waals surface area contributed by atoms with Crippen LogP contribution in [0.5, 0.6) is 5.75 Å². The first kappa shape index (κ1) is 20.9. The molecule has 0 aliphatic carbocycles. The zero-order valence-corrected chi connectivity index (χ0v) is 16.1. The Morgan fingerprint density at radius 3 is 2.22 bits per heavy atom. The van der Waals surface area contributed by atoms with Gasteiger partial charge >= 0.3 is 0 Å². The third-order valence-corrected chi connectivity index (χ3v) is 4.91. The number of aliphatic hydroxyl groups excluding tert-OH is 2. The maximum absolute atomic E-state index is 10.6. The second kappa shape index (κ2) is 10.1. The number of aliphatic hydroxyl groups is 2. The van der Waals surface area contributed by atoms with E-state index in [9.17, 15) is 15.3 Å². The summed E-state index contributed by atoms with van der Waals surface area (Å²) in [6.45, 7) is 7.65. The summed E-state index contributed by atoms with van der Waals surface area (Å²) in [6.07, 6.45) is 3.41. The van der Waals surface area contributed by atoms with Crippen LogP contribution in [0.3, 0.4) is 0 Å². The second-order valence-corrected chi connectivity index (χ2v) is 7.25. The van der Waals surface area contributed by atoms with Crippen LogP contribution in [-0.2, 0) is 0 Å². The van der Waals surface area contributed by atoms with Gasteiger partial charge in [-0.05, 0) is 42.0 Å². The van der Waals surface area contributed by atoms with Gasteiger partial charge < -0.3 is 15.3 Å². The van der Waals surface area contributed by atoms with Crippen molar-refractivity contribution in [2.75, 3.05) is 0 Å². The van der Waals surface area contributed by atoms with Crippen molar-refractivity contribution >= 4 is 11.6 Å². The molecule has 0 radical (unpaired) electrons. The van der Waals surface area contributed by atoms with Crippen molar-refractivity contribution in [3.8, 4) is 5.75 Å². The smallest absolute Gasteiger partial charge is 0.122 e. The van der Waals surface area contributed by atoms with Crippen LogP contribution >= 0.6 is 0 Å². The minimum atomic E-state index is -0.684. The zero-order chi connectivity index (χ0) is 19.8. The second-order valence-electron chi connectivity index (χ2n) is 7.25. The van der Waals surface area contributed by atoms with E-state index in [1.54, 1.807) is 18.2 Å². The van der Waals surface area contributed by atoms with Crippen LogP contribution < -0.4 is 0 Å². The van der Waals surface area contributed by atoms with E-state index >= 15 is 0 Å². The first-order valence-corrected chi connectivity index (χ1v) is 9.46. The SMILES string of the molecule is C=C[C@H]([C@H](O)CC/C(=C/c1ccccc1O)c1ccccc1)[C@H](O)C(C)C. The van der Waals surface area contributed by atoms with E-state index in [0.29, 0.717) is 12.8 Å². The predicted molar refractivity (Wildman–Crippen MR) is 112 cm³/mol. The molecule has 2 aromatic carbocycles. The van der Waals surface area contributed by atoms with Crippen LogP contribution in [0.2, 0.25) is 0 Å². The van der Waals surface area contributed by atoms with Crippen LogP contribution in [0.1, 0.15) is 37.8 Å². The molecule has 0 heterocycles. The molecule has 0 aliphatic heterocycles. The molecule has 0 saturated carbocycles. The summed E-state index contributed by atoms with van der Waals surface area (Å²) in [6, 6.07) is 17.1. The van der Waals surface area contributed by atoms with Gasteiger partial charge in [0.2, 0.25) is 0 Å². The fourth-order valence-corrected chi connectivity index (χ4v) is 3.21. The van der Waals surface area contributed by atoms with Gasteiger partial charge in [0.25, 0.3) is 0 Å². The first-order valence-electron chi connectivity index (χ1n) is 9.46. The molecule has 3 atom stereocenters. The van der Waals surface area contributed by atoms with Crippen LogP contribution in [0.25, 0.3) is 11.6 Å². The molecule has 0 saturated heterocycles. The van der Waals surface area contributed by atoms with E-state index < -0.39 is 12.2 Å². The van der Waals surface area contributed by atoms with Crippen molar-refractivity contribution in [3.63, 3.8) is 0 Å².